The fourth-order valence-electron chi connectivity index (χ4n) is 1.74. The molecule has 0 aliphatic carbocycles. The molecule has 0 heterocycles. The Morgan fingerprint density at radius 2 is 1.89 bits per heavy atom. The van der Waals surface area contributed by atoms with Crippen LogP contribution in [0.3, 0.4) is 0 Å². The average Bonchev–Trinajstić information content (AvgIpc) is 2.38. The second kappa shape index (κ2) is 5.20. The quantitative estimate of drug-likeness (QED) is 0.903. The summed E-state index contributed by atoms with van der Waals surface area (Å²) in [6, 6.07) is 9.35. The highest BCUT2D eigenvalue weighted by Crippen LogP contribution is 2.31. The molecule has 0 atom stereocenters. The number of carboxylic acid groups (broad SMARTS) is 1. The summed E-state index contributed by atoms with van der Waals surface area (Å²) in [5.74, 6) is -0.568. The summed E-state index contributed by atoms with van der Waals surface area (Å²) in [6.07, 6.45) is 0. The summed E-state index contributed by atoms with van der Waals surface area (Å²) in [7, 11) is 1.49. The van der Waals surface area contributed by atoms with Crippen LogP contribution in [0.25, 0.3) is 11.1 Å². The average molecular weight is 279 g/mol. The topological polar surface area (TPSA) is 66.8 Å². The van der Waals surface area contributed by atoms with Crippen molar-refractivity contribution in [3.8, 4) is 22.6 Å². The molecule has 0 aliphatic rings. The van der Waals surface area contributed by atoms with E-state index in [4.69, 9.17) is 21.4 Å². The van der Waals surface area contributed by atoms with Crippen LogP contribution in [0.1, 0.15) is 10.4 Å². The zero-order chi connectivity index (χ0) is 14.0. The minimum Gasteiger partial charge on any atom is -0.508 e. The van der Waals surface area contributed by atoms with Gasteiger partial charge >= 0.3 is 5.97 Å². The third-order valence-corrected chi connectivity index (χ3v) is 2.99. The third-order valence-electron chi connectivity index (χ3n) is 2.66. The van der Waals surface area contributed by atoms with Crippen molar-refractivity contribution in [1.29, 1.82) is 0 Å². The molecule has 2 rings (SSSR count). The van der Waals surface area contributed by atoms with Crippen LogP contribution in [-0.2, 0) is 0 Å². The molecule has 0 amide bonds. The lowest BCUT2D eigenvalue weighted by molar-refractivity contribution is 0.0697. The minimum absolute atomic E-state index is 0.0153. The molecule has 0 aromatic heterocycles. The summed E-state index contributed by atoms with van der Waals surface area (Å²) in [6.45, 7) is 0. The summed E-state index contributed by atoms with van der Waals surface area (Å²) < 4.78 is 5.06. The zero-order valence-electron chi connectivity index (χ0n) is 10.1. The molecule has 0 spiro atoms. The van der Waals surface area contributed by atoms with Gasteiger partial charge in [-0.2, -0.15) is 0 Å². The van der Waals surface area contributed by atoms with Gasteiger partial charge < -0.3 is 14.9 Å². The van der Waals surface area contributed by atoms with Crippen LogP contribution in [0.4, 0.5) is 0 Å². The number of aromatic carboxylic acids is 1. The number of phenols is 1. The molecule has 0 radical (unpaired) electrons. The van der Waals surface area contributed by atoms with E-state index in [2.05, 4.69) is 0 Å². The first-order valence-electron chi connectivity index (χ1n) is 5.42. The maximum Gasteiger partial charge on any atom is 0.337 e. The van der Waals surface area contributed by atoms with Crippen LogP contribution >= 0.6 is 11.6 Å². The van der Waals surface area contributed by atoms with Crippen LogP contribution < -0.4 is 4.74 Å². The number of ether oxygens (including phenoxy) is 1. The second-order valence-electron chi connectivity index (χ2n) is 3.92. The van der Waals surface area contributed by atoms with Crippen LogP contribution in [-0.4, -0.2) is 23.3 Å². The van der Waals surface area contributed by atoms with E-state index in [0.717, 1.165) is 0 Å². The van der Waals surface area contributed by atoms with Crippen molar-refractivity contribution in [3.63, 3.8) is 0 Å². The highest BCUT2D eigenvalue weighted by Gasteiger charge is 2.11. The van der Waals surface area contributed by atoms with Gasteiger partial charge in [-0.15, -0.1) is 0 Å². The number of phenolic OH excluding ortho intramolecular Hbond substituents is 1. The monoisotopic (exact) mass is 278 g/mol. The number of carboxylic acids is 1. The van der Waals surface area contributed by atoms with Crippen molar-refractivity contribution >= 4 is 17.6 Å². The van der Waals surface area contributed by atoms with E-state index in [0.29, 0.717) is 16.9 Å². The van der Waals surface area contributed by atoms with Gasteiger partial charge in [-0.25, -0.2) is 4.79 Å². The fourth-order valence-corrected chi connectivity index (χ4v) is 1.93. The van der Waals surface area contributed by atoms with Gasteiger partial charge in [0.2, 0.25) is 0 Å². The zero-order valence-corrected chi connectivity index (χ0v) is 10.8. The normalized spacial score (nSPS) is 10.2. The van der Waals surface area contributed by atoms with Crippen molar-refractivity contribution in [3.05, 3.63) is 47.0 Å². The number of aromatic hydroxyl groups is 1. The number of carbonyl (C=O) groups is 1. The first kappa shape index (κ1) is 13.2. The molecular weight excluding hydrogens is 268 g/mol. The molecule has 0 saturated carbocycles. The van der Waals surface area contributed by atoms with Gasteiger partial charge in [0.05, 0.1) is 17.7 Å². The molecule has 98 valence electrons. The molecule has 5 heteroatoms. The lowest BCUT2D eigenvalue weighted by atomic mass is 10.0. The molecule has 0 bridgehead atoms. The summed E-state index contributed by atoms with van der Waals surface area (Å²) in [4.78, 5) is 11.0. The molecule has 4 nitrogen and oxygen atoms in total. The van der Waals surface area contributed by atoms with E-state index in [1.165, 1.54) is 31.4 Å². The molecule has 2 aromatic carbocycles. The number of hydrogen-bond donors (Lipinski definition) is 2. The van der Waals surface area contributed by atoms with Crippen molar-refractivity contribution in [2.45, 2.75) is 0 Å². The molecule has 0 saturated heterocycles. The fraction of sp³-hybridized carbons (Fsp3) is 0.0714. The van der Waals surface area contributed by atoms with E-state index >= 15 is 0 Å². The van der Waals surface area contributed by atoms with Crippen molar-refractivity contribution < 1.29 is 19.7 Å². The van der Waals surface area contributed by atoms with Gasteiger partial charge in [-0.3, -0.25) is 0 Å². The Morgan fingerprint density at radius 1 is 1.16 bits per heavy atom. The third kappa shape index (κ3) is 2.80. The lowest BCUT2D eigenvalue weighted by Crippen LogP contribution is -1.97. The SMILES string of the molecule is COc1cc(O)cc(-c2ccc(Cl)c(C(=O)O)c2)c1. The van der Waals surface area contributed by atoms with Gasteiger partial charge in [-0.05, 0) is 35.4 Å². The Hall–Kier alpha value is -2.20. The second-order valence-corrected chi connectivity index (χ2v) is 4.33. The van der Waals surface area contributed by atoms with E-state index in [1.807, 2.05) is 0 Å². The summed E-state index contributed by atoms with van der Waals surface area (Å²) >= 11 is 5.81. The lowest BCUT2D eigenvalue weighted by Gasteiger charge is -2.08. The predicted octanol–water partition coefficient (Wildman–Crippen LogP) is 3.42. The van der Waals surface area contributed by atoms with Crippen molar-refractivity contribution in [1.82, 2.24) is 0 Å². The Bertz CT molecular complexity index is 637. The van der Waals surface area contributed by atoms with Crippen LogP contribution in [0, 0.1) is 0 Å². The summed E-state index contributed by atoms with van der Waals surface area (Å²) in [5, 5.41) is 18.8. The van der Waals surface area contributed by atoms with E-state index in [1.54, 1.807) is 12.1 Å². The molecule has 0 fully saturated rings. The van der Waals surface area contributed by atoms with Crippen molar-refractivity contribution in [2.75, 3.05) is 7.11 Å². The number of rotatable bonds is 3. The molecule has 2 N–H and O–H groups in total. The van der Waals surface area contributed by atoms with Gasteiger partial charge in [0.25, 0.3) is 0 Å². The molecule has 0 unspecified atom stereocenters. The van der Waals surface area contributed by atoms with Gasteiger partial charge in [-0.1, -0.05) is 17.7 Å². The maximum absolute atomic E-state index is 11.0. The number of benzene rings is 2. The minimum atomic E-state index is -1.10. The molecule has 0 aliphatic heterocycles. The predicted molar refractivity (Wildman–Crippen MR) is 72.1 cm³/mol. The van der Waals surface area contributed by atoms with Crippen LogP contribution in [0.2, 0.25) is 5.02 Å². The Balaban J connectivity index is 2.56. The van der Waals surface area contributed by atoms with Gasteiger partial charge in [0.15, 0.2) is 0 Å². The molecule has 19 heavy (non-hydrogen) atoms. The highest BCUT2D eigenvalue weighted by molar-refractivity contribution is 6.33. The molecule has 2 aromatic rings. The van der Waals surface area contributed by atoms with Gasteiger partial charge in [0, 0.05) is 6.07 Å². The van der Waals surface area contributed by atoms with Gasteiger partial charge in [0.1, 0.15) is 11.5 Å². The molecular formula is C14H11ClO4. The highest BCUT2D eigenvalue weighted by atomic mass is 35.5. The van der Waals surface area contributed by atoms with E-state index in [-0.39, 0.29) is 16.3 Å². The maximum atomic E-state index is 11.0. The largest absolute Gasteiger partial charge is 0.508 e. The summed E-state index contributed by atoms with van der Waals surface area (Å²) in [5.41, 5.74) is 1.30. The Kier molecular flexibility index (Phi) is 3.62. The Labute approximate surface area is 114 Å². The number of hydrogen-bond acceptors (Lipinski definition) is 3. The standard InChI is InChI=1S/C14H11ClO4/c1-19-11-5-9(4-10(16)7-11)8-2-3-13(15)12(6-8)14(17)18/h2-7,16H,1H3,(H,17,18). The number of halogens is 1. The van der Waals surface area contributed by atoms with E-state index in [9.17, 15) is 9.90 Å². The smallest absolute Gasteiger partial charge is 0.337 e. The Morgan fingerprint density at radius 3 is 2.53 bits per heavy atom. The van der Waals surface area contributed by atoms with Crippen LogP contribution in [0.15, 0.2) is 36.4 Å². The number of methoxy groups -OCH3 is 1. The van der Waals surface area contributed by atoms with E-state index < -0.39 is 5.97 Å². The first-order valence-corrected chi connectivity index (χ1v) is 5.80. The first-order chi connectivity index (χ1) is 9.01. The van der Waals surface area contributed by atoms with Crippen molar-refractivity contribution in [2.24, 2.45) is 0 Å². The van der Waals surface area contributed by atoms with Crippen LogP contribution in [0.5, 0.6) is 11.5 Å².